The third kappa shape index (κ3) is 4.37. The molecule has 116 valence electrons. The fourth-order valence-electron chi connectivity index (χ4n) is 1.89. The summed E-state index contributed by atoms with van der Waals surface area (Å²) < 4.78 is 10.0. The Balaban J connectivity index is 2.63. The first-order chi connectivity index (χ1) is 9.80. The number of aliphatic hydroxyl groups is 1. The molecule has 0 fully saturated rings. The zero-order valence-corrected chi connectivity index (χ0v) is 12.8. The molecule has 1 N–H and O–H groups in total. The molecule has 0 saturated carbocycles. The van der Waals surface area contributed by atoms with Crippen LogP contribution in [0.1, 0.15) is 26.3 Å². The van der Waals surface area contributed by atoms with E-state index in [1.807, 2.05) is 30.3 Å². The molecule has 1 aromatic carbocycles. The zero-order chi connectivity index (χ0) is 16.0. The molecule has 5 heteroatoms. The number of ketones is 1. The fourth-order valence-corrected chi connectivity index (χ4v) is 1.89. The molecule has 0 heterocycles. The van der Waals surface area contributed by atoms with E-state index < -0.39 is 23.6 Å². The van der Waals surface area contributed by atoms with Crippen LogP contribution < -0.4 is 0 Å². The van der Waals surface area contributed by atoms with Gasteiger partial charge >= 0.3 is 5.97 Å². The van der Waals surface area contributed by atoms with E-state index in [4.69, 9.17) is 4.74 Å². The van der Waals surface area contributed by atoms with Crippen molar-refractivity contribution < 1.29 is 24.2 Å². The van der Waals surface area contributed by atoms with Crippen LogP contribution in [0.25, 0.3) is 0 Å². The number of methoxy groups -OCH3 is 1. The van der Waals surface area contributed by atoms with E-state index in [1.54, 1.807) is 6.92 Å². The van der Waals surface area contributed by atoms with E-state index in [1.165, 1.54) is 21.0 Å². The molecule has 0 aliphatic carbocycles. The highest BCUT2D eigenvalue weighted by atomic mass is 16.5. The molecule has 21 heavy (non-hydrogen) atoms. The average molecular weight is 294 g/mol. The number of carbonyl (C=O) groups is 2. The number of Topliss-reactive ketones (excluding diaryl/α,β-unsaturated/α-hetero) is 1. The lowest BCUT2D eigenvalue weighted by molar-refractivity contribution is -0.170. The first-order valence-electron chi connectivity index (χ1n) is 6.80. The lowest BCUT2D eigenvalue weighted by Crippen LogP contribution is -2.48. The maximum Gasteiger partial charge on any atom is 0.338 e. The summed E-state index contributed by atoms with van der Waals surface area (Å²) in [5.41, 5.74) is -0.916. The van der Waals surface area contributed by atoms with E-state index in [0.29, 0.717) is 6.61 Å². The van der Waals surface area contributed by atoms with Crippen molar-refractivity contribution in [3.05, 3.63) is 35.9 Å². The second-order valence-corrected chi connectivity index (χ2v) is 5.20. The number of carbonyl (C=O) groups excluding carboxylic acids is 2. The third-order valence-electron chi connectivity index (χ3n) is 3.61. The standard InChI is InChI=1S/C16H22O5/c1-11(16(3,19)15(18)20-4)14(17)12(2)21-10-13-8-6-5-7-9-13/h5-9,11-12,19H,10H2,1-4H3/t11-,12+,16-/m1/s1. The predicted octanol–water partition coefficient (Wildman–Crippen LogP) is 1.72. The summed E-state index contributed by atoms with van der Waals surface area (Å²) in [5.74, 6) is -2.10. The molecular formula is C16H22O5. The van der Waals surface area contributed by atoms with Gasteiger partial charge in [0.2, 0.25) is 0 Å². The van der Waals surface area contributed by atoms with Gasteiger partial charge in [-0.3, -0.25) is 4.79 Å². The van der Waals surface area contributed by atoms with E-state index in [9.17, 15) is 14.7 Å². The number of hydrogen-bond acceptors (Lipinski definition) is 5. The van der Waals surface area contributed by atoms with E-state index >= 15 is 0 Å². The van der Waals surface area contributed by atoms with E-state index in [-0.39, 0.29) is 5.78 Å². The van der Waals surface area contributed by atoms with Crippen LogP contribution in [0.3, 0.4) is 0 Å². The van der Waals surface area contributed by atoms with Crippen molar-refractivity contribution in [3.8, 4) is 0 Å². The summed E-state index contributed by atoms with van der Waals surface area (Å²) in [6, 6.07) is 9.45. The molecule has 0 amide bonds. The minimum Gasteiger partial charge on any atom is -0.467 e. The lowest BCUT2D eigenvalue weighted by atomic mass is 9.85. The summed E-state index contributed by atoms with van der Waals surface area (Å²) in [6.45, 7) is 4.66. The second kappa shape index (κ2) is 7.33. The molecule has 0 aromatic heterocycles. The second-order valence-electron chi connectivity index (χ2n) is 5.20. The molecule has 0 unspecified atom stereocenters. The van der Waals surface area contributed by atoms with Crippen molar-refractivity contribution in [1.29, 1.82) is 0 Å². The smallest absolute Gasteiger partial charge is 0.338 e. The summed E-state index contributed by atoms with van der Waals surface area (Å²) in [7, 11) is 1.17. The van der Waals surface area contributed by atoms with Crippen molar-refractivity contribution >= 4 is 11.8 Å². The van der Waals surface area contributed by atoms with Crippen LogP contribution in [0.15, 0.2) is 30.3 Å². The molecular weight excluding hydrogens is 272 g/mol. The van der Waals surface area contributed by atoms with Crippen LogP contribution in [-0.4, -0.2) is 35.7 Å². The highest BCUT2D eigenvalue weighted by Gasteiger charge is 2.43. The van der Waals surface area contributed by atoms with Crippen LogP contribution in [0, 0.1) is 5.92 Å². The lowest BCUT2D eigenvalue weighted by Gasteiger charge is -2.28. The molecule has 0 aliphatic rings. The van der Waals surface area contributed by atoms with Crippen LogP contribution in [0.4, 0.5) is 0 Å². The molecule has 0 saturated heterocycles. The predicted molar refractivity (Wildman–Crippen MR) is 77.5 cm³/mol. The van der Waals surface area contributed by atoms with Crippen molar-refractivity contribution in [1.82, 2.24) is 0 Å². The Hall–Kier alpha value is -1.72. The number of ether oxygens (including phenoxy) is 2. The monoisotopic (exact) mass is 294 g/mol. The summed E-state index contributed by atoms with van der Waals surface area (Å²) >= 11 is 0. The topological polar surface area (TPSA) is 72.8 Å². The zero-order valence-electron chi connectivity index (χ0n) is 12.8. The number of rotatable bonds is 7. The van der Waals surface area contributed by atoms with Crippen molar-refractivity contribution in [2.45, 2.75) is 39.1 Å². The summed E-state index contributed by atoms with van der Waals surface area (Å²) in [6.07, 6.45) is -0.726. The summed E-state index contributed by atoms with van der Waals surface area (Å²) in [5, 5.41) is 10.1. The first-order valence-corrected chi connectivity index (χ1v) is 6.80. The molecule has 5 nitrogen and oxygen atoms in total. The van der Waals surface area contributed by atoms with Crippen LogP contribution in [0.2, 0.25) is 0 Å². The van der Waals surface area contributed by atoms with Gasteiger partial charge in [0.1, 0.15) is 6.10 Å². The summed E-state index contributed by atoms with van der Waals surface area (Å²) in [4.78, 5) is 23.8. The molecule has 0 radical (unpaired) electrons. The number of hydrogen-bond donors (Lipinski definition) is 1. The molecule has 0 aliphatic heterocycles. The van der Waals surface area contributed by atoms with Gasteiger partial charge in [0.15, 0.2) is 11.4 Å². The van der Waals surface area contributed by atoms with Gasteiger partial charge in [0, 0.05) is 0 Å². The van der Waals surface area contributed by atoms with Crippen molar-refractivity contribution in [2.24, 2.45) is 5.92 Å². The van der Waals surface area contributed by atoms with Gasteiger partial charge in [-0.1, -0.05) is 37.3 Å². The van der Waals surface area contributed by atoms with Gasteiger partial charge < -0.3 is 14.6 Å². The van der Waals surface area contributed by atoms with E-state index in [0.717, 1.165) is 5.56 Å². The van der Waals surface area contributed by atoms with Gasteiger partial charge in [0.25, 0.3) is 0 Å². The van der Waals surface area contributed by atoms with Crippen LogP contribution in [0.5, 0.6) is 0 Å². The minimum atomic E-state index is -1.86. The van der Waals surface area contributed by atoms with Gasteiger partial charge in [0.05, 0.1) is 19.6 Å². The minimum absolute atomic E-state index is 0.292. The average Bonchev–Trinajstić information content (AvgIpc) is 2.51. The van der Waals surface area contributed by atoms with Crippen molar-refractivity contribution in [2.75, 3.05) is 7.11 Å². The van der Waals surface area contributed by atoms with Crippen LogP contribution >= 0.6 is 0 Å². The quantitative estimate of drug-likeness (QED) is 0.775. The Labute approximate surface area is 124 Å². The van der Waals surface area contributed by atoms with Gasteiger partial charge in [-0.25, -0.2) is 4.79 Å². The maximum absolute atomic E-state index is 12.2. The van der Waals surface area contributed by atoms with Crippen LogP contribution in [-0.2, 0) is 25.7 Å². The Kier molecular flexibility index (Phi) is 6.05. The Bertz CT molecular complexity index is 481. The fraction of sp³-hybridized carbons (Fsp3) is 0.500. The van der Waals surface area contributed by atoms with Gasteiger partial charge in [-0.15, -0.1) is 0 Å². The Morgan fingerprint density at radius 1 is 1.24 bits per heavy atom. The normalized spacial score (nSPS) is 16.6. The molecule has 1 rings (SSSR count). The Morgan fingerprint density at radius 3 is 2.33 bits per heavy atom. The molecule has 3 atom stereocenters. The van der Waals surface area contributed by atoms with E-state index in [2.05, 4.69) is 4.74 Å². The maximum atomic E-state index is 12.2. The highest BCUT2D eigenvalue weighted by molar-refractivity contribution is 5.92. The third-order valence-corrected chi connectivity index (χ3v) is 3.61. The Morgan fingerprint density at radius 2 is 1.81 bits per heavy atom. The van der Waals surface area contributed by atoms with Crippen molar-refractivity contribution in [3.63, 3.8) is 0 Å². The highest BCUT2D eigenvalue weighted by Crippen LogP contribution is 2.22. The SMILES string of the molecule is COC(=O)[C@](C)(O)[C@H](C)C(=O)[C@H](C)OCc1ccccc1. The number of esters is 1. The first kappa shape index (κ1) is 17.3. The molecule has 1 aromatic rings. The molecule has 0 bridgehead atoms. The van der Waals surface area contributed by atoms with Gasteiger partial charge in [-0.05, 0) is 19.4 Å². The van der Waals surface area contributed by atoms with Gasteiger partial charge in [-0.2, -0.15) is 0 Å². The molecule has 0 spiro atoms. The largest absolute Gasteiger partial charge is 0.467 e. The number of benzene rings is 1.